The second kappa shape index (κ2) is 5.68. The van der Waals surface area contributed by atoms with Crippen molar-refractivity contribution in [3.05, 3.63) is 0 Å². The molecule has 0 radical (unpaired) electrons. The van der Waals surface area contributed by atoms with E-state index in [2.05, 4.69) is 10.1 Å². The number of piperazine rings is 1. The third kappa shape index (κ3) is 4.91. The molecule has 0 spiro atoms. The van der Waals surface area contributed by atoms with Crippen molar-refractivity contribution < 1.29 is 22.7 Å². The minimum Gasteiger partial charge on any atom is -0.362 e. The predicted molar refractivity (Wildman–Crippen MR) is 55.5 cm³/mol. The van der Waals surface area contributed by atoms with Gasteiger partial charge in [-0.2, -0.15) is 13.2 Å². The summed E-state index contributed by atoms with van der Waals surface area (Å²) < 4.78 is 39.8. The van der Waals surface area contributed by atoms with Gasteiger partial charge in [-0.15, -0.1) is 0 Å². The molecule has 2 atom stereocenters. The fraction of sp³-hybridized carbons (Fsp3) is 0.900. The van der Waals surface area contributed by atoms with Crippen LogP contribution in [0.25, 0.3) is 0 Å². The van der Waals surface area contributed by atoms with Gasteiger partial charge in [0.1, 0.15) is 13.2 Å². The molecule has 4 nitrogen and oxygen atoms in total. The smallest absolute Gasteiger partial charge is 0.362 e. The summed E-state index contributed by atoms with van der Waals surface area (Å²) in [4.78, 5) is 13.2. The summed E-state index contributed by atoms with van der Waals surface area (Å²) in [6.45, 7) is 3.01. The quantitative estimate of drug-likeness (QED) is 0.809. The highest BCUT2D eigenvalue weighted by Crippen LogP contribution is 2.14. The van der Waals surface area contributed by atoms with Gasteiger partial charge in [0.25, 0.3) is 0 Å². The van der Waals surface area contributed by atoms with Gasteiger partial charge < -0.3 is 15.0 Å². The van der Waals surface area contributed by atoms with Gasteiger partial charge >= 0.3 is 6.18 Å². The van der Waals surface area contributed by atoms with Crippen LogP contribution in [0.3, 0.4) is 0 Å². The summed E-state index contributed by atoms with van der Waals surface area (Å²) in [5.74, 6) is -0.393. The van der Waals surface area contributed by atoms with E-state index in [9.17, 15) is 18.0 Å². The van der Waals surface area contributed by atoms with Gasteiger partial charge in [-0.3, -0.25) is 4.79 Å². The molecule has 1 aliphatic rings. The number of ether oxygens (including phenoxy) is 1. The molecule has 1 fully saturated rings. The lowest BCUT2D eigenvalue weighted by Gasteiger charge is -2.37. The maximum atomic E-state index is 11.8. The van der Waals surface area contributed by atoms with Gasteiger partial charge in [0.05, 0.1) is 0 Å². The van der Waals surface area contributed by atoms with Gasteiger partial charge in [-0.1, -0.05) is 0 Å². The Bertz CT molecular complexity index is 271. The van der Waals surface area contributed by atoms with Crippen LogP contribution < -0.4 is 5.32 Å². The molecule has 0 aromatic carbocycles. The summed E-state index contributed by atoms with van der Waals surface area (Å²) in [6.07, 6.45) is -4.39. The lowest BCUT2D eigenvalue weighted by Crippen LogP contribution is -2.57. The van der Waals surface area contributed by atoms with Crippen LogP contribution in [0.15, 0.2) is 0 Å². The molecule has 1 N–H and O–H groups in total. The largest absolute Gasteiger partial charge is 0.411 e. The van der Waals surface area contributed by atoms with Crippen LogP contribution in [-0.2, 0) is 9.53 Å². The highest BCUT2D eigenvalue weighted by Gasteiger charge is 2.30. The van der Waals surface area contributed by atoms with Crippen LogP contribution in [0.4, 0.5) is 13.2 Å². The van der Waals surface area contributed by atoms with Crippen LogP contribution in [0.5, 0.6) is 0 Å². The van der Waals surface area contributed by atoms with Crippen LogP contribution in [0.2, 0.25) is 0 Å². The summed E-state index contributed by atoms with van der Waals surface area (Å²) >= 11 is 0. The van der Waals surface area contributed by atoms with Crippen molar-refractivity contribution in [3.63, 3.8) is 0 Å². The molecule has 0 aromatic heterocycles. The van der Waals surface area contributed by atoms with Gasteiger partial charge in [-0.05, 0) is 13.8 Å². The number of nitrogens with zero attached hydrogens (tertiary/aromatic N) is 1. The van der Waals surface area contributed by atoms with E-state index in [1.807, 2.05) is 13.8 Å². The van der Waals surface area contributed by atoms with Crippen LogP contribution in [0.1, 0.15) is 13.8 Å². The predicted octanol–water partition coefficient (Wildman–Crippen LogP) is 0.774. The van der Waals surface area contributed by atoms with E-state index in [0.29, 0.717) is 13.1 Å². The van der Waals surface area contributed by atoms with Gasteiger partial charge in [0.15, 0.2) is 0 Å². The summed E-state index contributed by atoms with van der Waals surface area (Å²) in [5.41, 5.74) is 0. The van der Waals surface area contributed by atoms with E-state index in [0.717, 1.165) is 0 Å². The van der Waals surface area contributed by atoms with Gasteiger partial charge in [0, 0.05) is 25.2 Å². The minimum atomic E-state index is -4.39. The number of amides is 1. The number of hydrogen-bond donors (Lipinski definition) is 1. The van der Waals surface area contributed by atoms with E-state index in [1.165, 1.54) is 0 Å². The number of halogens is 3. The van der Waals surface area contributed by atoms with Crippen molar-refractivity contribution >= 4 is 5.91 Å². The molecule has 1 amide bonds. The van der Waals surface area contributed by atoms with E-state index >= 15 is 0 Å². The molecule has 17 heavy (non-hydrogen) atoms. The zero-order valence-electron chi connectivity index (χ0n) is 9.88. The topological polar surface area (TPSA) is 41.6 Å². The Hall–Kier alpha value is -0.820. The number of alkyl halides is 3. The van der Waals surface area contributed by atoms with Crippen LogP contribution in [-0.4, -0.2) is 55.4 Å². The van der Waals surface area contributed by atoms with E-state index in [1.54, 1.807) is 4.90 Å². The molecule has 1 heterocycles. The van der Waals surface area contributed by atoms with Crippen molar-refractivity contribution in [1.29, 1.82) is 0 Å². The zero-order chi connectivity index (χ0) is 13.1. The normalized spacial score (nSPS) is 26.1. The zero-order valence-corrected chi connectivity index (χ0v) is 9.88. The fourth-order valence-electron chi connectivity index (χ4n) is 1.71. The first-order valence-electron chi connectivity index (χ1n) is 5.47. The lowest BCUT2D eigenvalue weighted by molar-refractivity contribution is -0.178. The standard InChI is InChI=1S/C10H17F3N2O2/c1-7-4-15(8(2)3-14-7)9(16)5-17-6-10(11,12)13/h7-8,14H,3-6H2,1-2H3. The molecule has 0 aliphatic carbocycles. The molecular weight excluding hydrogens is 237 g/mol. The average molecular weight is 254 g/mol. The molecular formula is C10H17F3N2O2. The average Bonchev–Trinajstić information content (AvgIpc) is 2.19. The third-order valence-electron chi connectivity index (χ3n) is 2.58. The summed E-state index contributed by atoms with van der Waals surface area (Å²) in [5, 5.41) is 3.18. The Morgan fingerprint density at radius 3 is 2.71 bits per heavy atom. The maximum Gasteiger partial charge on any atom is 0.411 e. The molecule has 0 bridgehead atoms. The molecule has 0 aromatic rings. The van der Waals surface area contributed by atoms with Crippen molar-refractivity contribution in [1.82, 2.24) is 10.2 Å². The fourth-order valence-corrected chi connectivity index (χ4v) is 1.71. The highest BCUT2D eigenvalue weighted by atomic mass is 19.4. The number of nitrogens with one attached hydrogen (secondary N) is 1. The number of carbonyl (C=O) groups excluding carboxylic acids is 1. The first-order valence-corrected chi connectivity index (χ1v) is 5.47. The molecule has 100 valence electrons. The van der Waals surface area contributed by atoms with Crippen molar-refractivity contribution in [2.75, 3.05) is 26.3 Å². The van der Waals surface area contributed by atoms with E-state index in [-0.39, 0.29) is 12.1 Å². The third-order valence-corrected chi connectivity index (χ3v) is 2.58. The second-order valence-electron chi connectivity index (χ2n) is 4.31. The van der Waals surface area contributed by atoms with Gasteiger partial charge in [0.2, 0.25) is 5.91 Å². The van der Waals surface area contributed by atoms with E-state index < -0.39 is 25.3 Å². The highest BCUT2D eigenvalue weighted by molar-refractivity contribution is 5.78. The number of rotatable bonds is 3. The van der Waals surface area contributed by atoms with Gasteiger partial charge in [-0.25, -0.2) is 0 Å². The Kier molecular flexibility index (Phi) is 4.76. The molecule has 7 heteroatoms. The number of hydrogen-bond acceptors (Lipinski definition) is 3. The second-order valence-corrected chi connectivity index (χ2v) is 4.31. The van der Waals surface area contributed by atoms with Crippen molar-refractivity contribution in [2.45, 2.75) is 32.1 Å². The molecule has 1 aliphatic heterocycles. The minimum absolute atomic E-state index is 0.0202. The Balaban J connectivity index is 2.36. The first kappa shape index (κ1) is 14.2. The summed E-state index contributed by atoms with van der Waals surface area (Å²) in [7, 11) is 0. The molecule has 1 saturated heterocycles. The molecule has 0 saturated carbocycles. The Labute approximate surface area is 98.1 Å². The maximum absolute atomic E-state index is 11.8. The first-order chi connectivity index (χ1) is 7.79. The van der Waals surface area contributed by atoms with Crippen LogP contribution in [0, 0.1) is 0 Å². The summed E-state index contributed by atoms with van der Waals surface area (Å²) in [6, 6.07) is 0.131. The SMILES string of the molecule is CC1CN(C(=O)COCC(F)(F)F)C(C)CN1. The Morgan fingerprint density at radius 1 is 1.47 bits per heavy atom. The van der Waals surface area contributed by atoms with Crippen molar-refractivity contribution in [3.8, 4) is 0 Å². The van der Waals surface area contributed by atoms with E-state index in [4.69, 9.17) is 0 Å². The monoisotopic (exact) mass is 254 g/mol. The number of carbonyl (C=O) groups is 1. The Morgan fingerprint density at radius 2 is 2.12 bits per heavy atom. The van der Waals surface area contributed by atoms with Crippen LogP contribution >= 0.6 is 0 Å². The molecule has 2 unspecified atom stereocenters. The van der Waals surface area contributed by atoms with Crippen molar-refractivity contribution in [2.24, 2.45) is 0 Å². The molecule has 1 rings (SSSR count). The lowest BCUT2D eigenvalue weighted by atomic mass is 10.1.